The van der Waals surface area contributed by atoms with Crippen LogP contribution in [0.25, 0.3) is 5.53 Å². The lowest BCUT2D eigenvalue weighted by Crippen LogP contribution is -2.20. The zero-order valence-electron chi connectivity index (χ0n) is 6.65. The Labute approximate surface area is 65.2 Å². The fraction of sp³-hybridized carbons (Fsp3) is 0.667. The fourth-order valence-corrected chi connectivity index (χ4v) is 0.413. The molecule has 0 unspecified atom stereocenters. The summed E-state index contributed by atoms with van der Waals surface area (Å²) in [6, 6.07) is 0. The van der Waals surface area contributed by atoms with Crippen molar-refractivity contribution in [3.63, 3.8) is 0 Å². The predicted molar refractivity (Wildman–Crippen MR) is 39.2 cm³/mol. The predicted octanol–water partition coefficient (Wildman–Crippen LogP) is -0.608. The molecule has 0 aliphatic carbocycles. The normalized spacial score (nSPS) is 9.00. The van der Waals surface area contributed by atoms with E-state index in [0.717, 1.165) is 6.21 Å². The molecule has 0 amide bonds. The third-order valence-electron chi connectivity index (χ3n) is 0.946. The number of likely N-dealkylation sites (N-methyl/N-ethyl adjacent to an activating group) is 1. The van der Waals surface area contributed by atoms with E-state index in [4.69, 9.17) is 5.53 Å². The van der Waals surface area contributed by atoms with Gasteiger partial charge in [-0.2, -0.15) is 4.79 Å². The Hall–Kier alpha value is -1.19. The summed E-state index contributed by atoms with van der Waals surface area (Å²) in [5.74, 6) is -0.630. The smallest absolute Gasteiger partial charge is 0.413 e. The van der Waals surface area contributed by atoms with E-state index < -0.39 is 5.97 Å². The number of esters is 1. The van der Waals surface area contributed by atoms with Gasteiger partial charge in [0, 0.05) is 6.54 Å². The van der Waals surface area contributed by atoms with Crippen molar-refractivity contribution in [1.82, 2.24) is 4.90 Å². The van der Waals surface area contributed by atoms with Crippen LogP contribution in [0.5, 0.6) is 0 Å². The van der Waals surface area contributed by atoms with Crippen molar-refractivity contribution >= 4 is 12.2 Å². The van der Waals surface area contributed by atoms with Crippen LogP contribution in [0.3, 0.4) is 0 Å². The zero-order chi connectivity index (χ0) is 8.69. The van der Waals surface area contributed by atoms with Crippen molar-refractivity contribution in [2.75, 3.05) is 27.2 Å². The van der Waals surface area contributed by atoms with Crippen molar-refractivity contribution in [3.05, 3.63) is 5.53 Å². The Morgan fingerprint density at radius 2 is 2.36 bits per heavy atom. The summed E-state index contributed by atoms with van der Waals surface area (Å²) in [5.41, 5.74) is 7.90. The highest BCUT2D eigenvalue weighted by Gasteiger charge is 2.01. The molecule has 0 N–H and O–H groups in total. The Bertz CT molecular complexity index is 173. The minimum Gasteiger partial charge on any atom is -0.456 e. The van der Waals surface area contributed by atoms with E-state index in [1.54, 1.807) is 0 Å². The minimum absolute atomic E-state index is 0.303. The molecular formula is C6H11N3O2. The van der Waals surface area contributed by atoms with Gasteiger partial charge in [-0.1, -0.05) is 0 Å². The second-order valence-electron chi connectivity index (χ2n) is 2.22. The Balaban J connectivity index is 3.39. The second-order valence-corrected chi connectivity index (χ2v) is 2.22. The largest absolute Gasteiger partial charge is 0.456 e. The highest BCUT2D eigenvalue weighted by atomic mass is 16.5. The lowest BCUT2D eigenvalue weighted by molar-refractivity contribution is -0.139. The maximum absolute atomic E-state index is 10.5. The van der Waals surface area contributed by atoms with E-state index in [9.17, 15) is 4.79 Å². The van der Waals surface area contributed by atoms with Gasteiger partial charge in [0.15, 0.2) is 0 Å². The van der Waals surface area contributed by atoms with Gasteiger partial charge in [0.1, 0.15) is 6.61 Å². The molecule has 0 saturated carbocycles. The molecule has 0 fully saturated rings. The molecule has 0 saturated heterocycles. The van der Waals surface area contributed by atoms with Crippen LogP contribution >= 0.6 is 0 Å². The van der Waals surface area contributed by atoms with Gasteiger partial charge in [0.05, 0.1) is 0 Å². The first-order valence-corrected chi connectivity index (χ1v) is 3.15. The van der Waals surface area contributed by atoms with Crippen LogP contribution in [0, 0.1) is 0 Å². The average Bonchev–Trinajstić information content (AvgIpc) is 1.87. The number of hydrogen-bond acceptors (Lipinski definition) is 3. The van der Waals surface area contributed by atoms with Crippen molar-refractivity contribution in [2.45, 2.75) is 0 Å². The molecule has 0 aromatic heterocycles. The van der Waals surface area contributed by atoms with Crippen LogP contribution < -0.4 is 0 Å². The molecule has 0 heterocycles. The molecule has 0 aliphatic heterocycles. The number of carbonyl (C=O) groups is 1. The van der Waals surface area contributed by atoms with Crippen LogP contribution in [0.15, 0.2) is 0 Å². The first-order valence-electron chi connectivity index (χ1n) is 3.15. The highest BCUT2D eigenvalue weighted by molar-refractivity contribution is 6.20. The monoisotopic (exact) mass is 157 g/mol. The maximum atomic E-state index is 10.5. The maximum Gasteiger partial charge on any atom is 0.413 e. The van der Waals surface area contributed by atoms with Crippen molar-refractivity contribution in [2.24, 2.45) is 0 Å². The van der Waals surface area contributed by atoms with Crippen LogP contribution in [-0.4, -0.2) is 49.1 Å². The van der Waals surface area contributed by atoms with Crippen molar-refractivity contribution < 1.29 is 14.3 Å². The highest BCUT2D eigenvalue weighted by Crippen LogP contribution is 1.77. The average molecular weight is 157 g/mol. The molecule has 0 radical (unpaired) electrons. The van der Waals surface area contributed by atoms with Gasteiger partial charge in [-0.15, -0.1) is 0 Å². The molecule has 0 aromatic carbocycles. The second kappa shape index (κ2) is 5.58. The zero-order valence-corrected chi connectivity index (χ0v) is 6.65. The van der Waals surface area contributed by atoms with Gasteiger partial charge >= 0.3 is 12.2 Å². The molecule has 0 aromatic rings. The van der Waals surface area contributed by atoms with Crippen LogP contribution in [-0.2, 0) is 9.53 Å². The van der Waals surface area contributed by atoms with Gasteiger partial charge in [0.25, 0.3) is 0 Å². The van der Waals surface area contributed by atoms with E-state index >= 15 is 0 Å². The van der Waals surface area contributed by atoms with Crippen LogP contribution in [0.4, 0.5) is 0 Å². The number of ether oxygens (including phenoxy) is 1. The summed E-state index contributed by atoms with van der Waals surface area (Å²) in [7, 11) is 3.74. The molecule has 62 valence electrons. The molecule has 11 heavy (non-hydrogen) atoms. The lowest BCUT2D eigenvalue weighted by Gasteiger charge is -2.07. The molecule has 0 rings (SSSR count). The van der Waals surface area contributed by atoms with E-state index in [2.05, 4.69) is 9.53 Å². The third-order valence-corrected chi connectivity index (χ3v) is 0.946. The molecule has 0 aliphatic rings. The van der Waals surface area contributed by atoms with Crippen molar-refractivity contribution in [1.29, 1.82) is 0 Å². The van der Waals surface area contributed by atoms with Crippen molar-refractivity contribution in [3.8, 4) is 0 Å². The molecular weight excluding hydrogens is 146 g/mol. The first kappa shape index (κ1) is 9.81. The number of hydrogen-bond donors (Lipinski definition) is 0. The third kappa shape index (κ3) is 6.70. The van der Waals surface area contributed by atoms with E-state index in [1.165, 1.54) is 0 Å². The Morgan fingerprint density at radius 3 is 2.82 bits per heavy atom. The van der Waals surface area contributed by atoms with Crippen LogP contribution in [0.2, 0.25) is 0 Å². The van der Waals surface area contributed by atoms with E-state index in [0.29, 0.717) is 13.2 Å². The fourth-order valence-electron chi connectivity index (χ4n) is 0.413. The molecule has 0 atom stereocenters. The lowest BCUT2D eigenvalue weighted by atomic mass is 10.6. The summed E-state index contributed by atoms with van der Waals surface area (Å²) in [6.45, 7) is 0.961. The number of rotatable bonds is 4. The first-order chi connectivity index (χ1) is 5.16. The van der Waals surface area contributed by atoms with Gasteiger partial charge in [-0.05, 0) is 14.1 Å². The minimum atomic E-state index is -0.630. The summed E-state index contributed by atoms with van der Waals surface area (Å²) in [4.78, 5) is 14.9. The Kier molecular flexibility index (Phi) is 4.98. The summed E-state index contributed by atoms with van der Waals surface area (Å²) >= 11 is 0. The van der Waals surface area contributed by atoms with Gasteiger partial charge in [0.2, 0.25) is 0 Å². The summed E-state index contributed by atoms with van der Waals surface area (Å²) < 4.78 is 4.60. The summed E-state index contributed by atoms with van der Waals surface area (Å²) in [6.07, 6.45) is 0.718. The number of carbonyl (C=O) groups excluding carboxylic acids is 1. The molecule has 5 heteroatoms. The Morgan fingerprint density at radius 1 is 1.73 bits per heavy atom. The van der Waals surface area contributed by atoms with Gasteiger partial charge < -0.3 is 15.2 Å². The molecule has 5 nitrogen and oxygen atoms in total. The number of nitrogens with zero attached hydrogens (tertiary/aromatic N) is 3. The van der Waals surface area contributed by atoms with Crippen LogP contribution in [0.1, 0.15) is 0 Å². The topological polar surface area (TPSA) is 65.9 Å². The molecule has 0 spiro atoms. The standard InChI is InChI=1S/C6H11N3O2/c1-9(2)3-4-11-6(10)5-8-7/h5H,3-4H2,1-2H3. The quantitative estimate of drug-likeness (QED) is 0.237. The van der Waals surface area contributed by atoms with E-state index in [-0.39, 0.29) is 0 Å². The van der Waals surface area contributed by atoms with E-state index in [1.807, 2.05) is 19.0 Å². The van der Waals surface area contributed by atoms with Gasteiger partial charge in [-0.3, -0.25) is 0 Å². The van der Waals surface area contributed by atoms with Gasteiger partial charge in [-0.25, -0.2) is 4.79 Å². The molecule has 0 bridgehead atoms. The SMILES string of the molecule is CN(C)CCOC(=O)C=[N+]=[N-]. The summed E-state index contributed by atoms with van der Waals surface area (Å²) in [5, 5.41) is 0.